The van der Waals surface area contributed by atoms with Gasteiger partial charge in [-0.2, -0.15) is 13.2 Å². The first-order valence-corrected chi connectivity index (χ1v) is 3.39. The Morgan fingerprint density at radius 3 is 2.08 bits per heavy atom. The topological polar surface area (TPSA) is 0 Å². The predicted octanol–water partition coefficient (Wildman–Crippen LogP) is 3.26. The van der Waals surface area contributed by atoms with E-state index >= 15 is 0 Å². The van der Waals surface area contributed by atoms with E-state index in [1.54, 1.807) is 30.3 Å². The van der Waals surface area contributed by atoms with E-state index in [-0.39, 0.29) is 6.08 Å². The van der Waals surface area contributed by atoms with Gasteiger partial charge in [0.1, 0.15) is 0 Å². The molecule has 0 aliphatic carbocycles. The van der Waals surface area contributed by atoms with Crippen molar-refractivity contribution < 1.29 is 13.2 Å². The van der Waals surface area contributed by atoms with Crippen LogP contribution >= 0.6 is 0 Å². The summed E-state index contributed by atoms with van der Waals surface area (Å²) < 4.78 is 35.0. The van der Waals surface area contributed by atoms with Crippen LogP contribution in [-0.4, -0.2) is 6.18 Å². The molecule has 64 valence electrons. The molecule has 0 aliphatic heterocycles. The number of allylic oxidation sites excluding steroid dienone is 1. The van der Waals surface area contributed by atoms with Crippen molar-refractivity contribution >= 4 is 6.08 Å². The van der Waals surface area contributed by atoms with Gasteiger partial charge in [0.2, 0.25) is 0 Å². The molecule has 1 aromatic carbocycles. The Hall–Kier alpha value is -1.25. The average Bonchev–Trinajstić information content (AvgIpc) is 2.02. The summed E-state index contributed by atoms with van der Waals surface area (Å²) in [5.74, 6) is 0. The van der Waals surface area contributed by atoms with E-state index in [4.69, 9.17) is 0 Å². The highest BCUT2D eigenvalue weighted by Gasteiger charge is 2.21. The van der Waals surface area contributed by atoms with Gasteiger partial charge in [-0.25, -0.2) is 0 Å². The number of hydrogen-bond acceptors (Lipinski definition) is 0. The van der Waals surface area contributed by atoms with E-state index in [1.165, 1.54) is 0 Å². The van der Waals surface area contributed by atoms with Gasteiger partial charge in [-0.1, -0.05) is 36.4 Å². The van der Waals surface area contributed by atoms with Crippen LogP contribution in [0.25, 0.3) is 6.08 Å². The predicted molar refractivity (Wildman–Crippen MR) is 41.5 cm³/mol. The molecule has 0 nitrogen and oxygen atoms in total. The molecule has 0 N–H and O–H groups in total. The zero-order chi connectivity index (χ0) is 9.03. The van der Waals surface area contributed by atoms with Crippen molar-refractivity contribution in [2.45, 2.75) is 6.18 Å². The first-order chi connectivity index (χ1) is 5.58. The van der Waals surface area contributed by atoms with Gasteiger partial charge in [0.05, 0.1) is 0 Å². The van der Waals surface area contributed by atoms with E-state index in [2.05, 4.69) is 0 Å². The lowest BCUT2D eigenvalue weighted by molar-refractivity contribution is -0.0790. The summed E-state index contributed by atoms with van der Waals surface area (Å²) in [7, 11) is 0. The molecule has 0 atom stereocenters. The van der Waals surface area contributed by atoms with Gasteiger partial charge >= 0.3 is 6.18 Å². The fraction of sp³-hybridized carbons (Fsp3) is 0.111. The maximum absolute atomic E-state index is 11.7. The minimum Gasteiger partial charge on any atom is -0.167 e. The molecule has 0 aliphatic rings. The summed E-state index contributed by atoms with van der Waals surface area (Å²) in [5, 5.41) is 0. The molecule has 0 unspecified atom stereocenters. The van der Waals surface area contributed by atoms with Gasteiger partial charge < -0.3 is 0 Å². The third-order valence-electron chi connectivity index (χ3n) is 1.26. The van der Waals surface area contributed by atoms with Crippen molar-refractivity contribution in [3.8, 4) is 0 Å². The molecule has 0 spiro atoms. The second-order valence-corrected chi connectivity index (χ2v) is 2.29. The zero-order valence-corrected chi connectivity index (χ0v) is 6.18. The fourth-order valence-electron chi connectivity index (χ4n) is 0.755. The van der Waals surface area contributed by atoms with Crippen LogP contribution in [0.3, 0.4) is 0 Å². The van der Waals surface area contributed by atoms with Gasteiger partial charge in [-0.05, 0) is 5.56 Å². The first-order valence-electron chi connectivity index (χ1n) is 3.39. The number of hydrogen-bond donors (Lipinski definition) is 0. The number of rotatable bonds is 1. The molecule has 0 bridgehead atoms. The fourth-order valence-corrected chi connectivity index (χ4v) is 0.755. The first kappa shape index (κ1) is 8.84. The molecule has 0 saturated carbocycles. The minimum atomic E-state index is -4.23. The van der Waals surface area contributed by atoms with Crippen LogP contribution in [0.1, 0.15) is 5.56 Å². The molecular weight excluding hydrogens is 165 g/mol. The normalized spacial score (nSPS) is 12.2. The maximum Gasteiger partial charge on any atom is 0.409 e. The van der Waals surface area contributed by atoms with Crippen LogP contribution < -0.4 is 0 Å². The number of benzene rings is 1. The highest BCUT2D eigenvalue weighted by atomic mass is 19.4. The third-order valence-corrected chi connectivity index (χ3v) is 1.26. The summed E-state index contributed by atoms with van der Waals surface area (Å²) >= 11 is 0. The second kappa shape index (κ2) is 3.43. The van der Waals surface area contributed by atoms with E-state index in [0.29, 0.717) is 5.56 Å². The van der Waals surface area contributed by atoms with E-state index in [9.17, 15) is 13.2 Å². The number of halogens is 3. The Balaban J connectivity index is 2.71. The quantitative estimate of drug-likeness (QED) is 0.609. The van der Waals surface area contributed by atoms with E-state index in [1.807, 2.05) is 0 Å². The lowest BCUT2D eigenvalue weighted by Gasteiger charge is -1.96. The van der Waals surface area contributed by atoms with Crippen LogP contribution in [0.15, 0.2) is 36.4 Å². The molecular formula is C9H7F3. The standard InChI is InChI=1S/C9H7F3/c10-9(11,12)7-6-8-4-2-1-3-5-8/h1-7H/b7-6+. The van der Waals surface area contributed by atoms with Crippen molar-refractivity contribution in [3.05, 3.63) is 42.0 Å². The second-order valence-electron chi connectivity index (χ2n) is 2.29. The number of alkyl halides is 3. The third kappa shape index (κ3) is 3.23. The Morgan fingerprint density at radius 1 is 1.00 bits per heavy atom. The maximum atomic E-state index is 11.7. The highest BCUT2D eigenvalue weighted by molar-refractivity contribution is 5.49. The van der Waals surface area contributed by atoms with Crippen LogP contribution in [0.2, 0.25) is 0 Å². The summed E-state index contributed by atoms with van der Waals surface area (Å²) in [5.41, 5.74) is 0.551. The van der Waals surface area contributed by atoms with Gasteiger partial charge in [0.25, 0.3) is 0 Å². The van der Waals surface area contributed by atoms with E-state index in [0.717, 1.165) is 6.08 Å². The van der Waals surface area contributed by atoms with Gasteiger partial charge in [0, 0.05) is 6.08 Å². The SMILES string of the molecule is FC(F)(F)/C=C/c1ccccc1. The van der Waals surface area contributed by atoms with Gasteiger partial charge in [-0.15, -0.1) is 0 Å². The molecule has 1 aromatic rings. The molecule has 0 aromatic heterocycles. The molecule has 0 saturated heterocycles. The molecule has 0 fully saturated rings. The molecule has 0 radical (unpaired) electrons. The van der Waals surface area contributed by atoms with Crippen molar-refractivity contribution in [2.24, 2.45) is 0 Å². The van der Waals surface area contributed by atoms with Gasteiger partial charge in [-0.3, -0.25) is 0 Å². The Bertz CT molecular complexity index is 259. The van der Waals surface area contributed by atoms with Crippen molar-refractivity contribution in [1.29, 1.82) is 0 Å². The van der Waals surface area contributed by atoms with Crippen molar-refractivity contribution in [1.82, 2.24) is 0 Å². The van der Waals surface area contributed by atoms with Crippen LogP contribution in [0.4, 0.5) is 13.2 Å². The Labute approximate surface area is 68.3 Å². The molecule has 0 heterocycles. The van der Waals surface area contributed by atoms with Gasteiger partial charge in [0.15, 0.2) is 0 Å². The van der Waals surface area contributed by atoms with Crippen LogP contribution in [0.5, 0.6) is 0 Å². The smallest absolute Gasteiger partial charge is 0.167 e. The van der Waals surface area contributed by atoms with Crippen LogP contribution in [-0.2, 0) is 0 Å². The Kier molecular flexibility index (Phi) is 2.53. The Morgan fingerprint density at radius 2 is 1.58 bits per heavy atom. The zero-order valence-electron chi connectivity index (χ0n) is 6.18. The van der Waals surface area contributed by atoms with E-state index < -0.39 is 6.18 Å². The summed E-state index contributed by atoms with van der Waals surface area (Å²) in [6.07, 6.45) is -2.96. The average molecular weight is 172 g/mol. The summed E-state index contributed by atoms with van der Waals surface area (Å²) in [4.78, 5) is 0. The molecule has 3 heteroatoms. The molecule has 0 amide bonds. The summed E-state index contributed by atoms with van der Waals surface area (Å²) in [6, 6.07) is 8.36. The lowest BCUT2D eigenvalue weighted by atomic mass is 10.2. The molecule has 1 rings (SSSR count). The molecule has 12 heavy (non-hydrogen) atoms. The minimum absolute atomic E-state index is 0.225. The monoisotopic (exact) mass is 172 g/mol. The highest BCUT2D eigenvalue weighted by Crippen LogP contribution is 2.17. The summed E-state index contributed by atoms with van der Waals surface area (Å²) in [6.45, 7) is 0. The largest absolute Gasteiger partial charge is 0.409 e. The van der Waals surface area contributed by atoms with Crippen molar-refractivity contribution in [3.63, 3.8) is 0 Å². The van der Waals surface area contributed by atoms with Crippen molar-refractivity contribution in [2.75, 3.05) is 0 Å². The lowest BCUT2D eigenvalue weighted by Crippen LogP contribution is -1.99. The van der Waals surface area contributed by atoms with Crippen LogP contribution in [0, 0.1) is 0 Å².